The lowest BCUT2D eigenvalue weighted by Crippen LogP contribution is -2.39. The zero-order valence-corrected chi connectivity index (χ0v) is 26.3. The van der Waals surface area contributed by atoms with Crippen molar-refractivity contribution in [1.82, 2.24) is 15.5 Å². The Kier molecular flexibility index (Phi) is 14.1. The summed E-state index contributed by atoms with van der Waals surface area (Å²) in [7, 11) is 1.77. The highest BCUT2D eigenvalue weighted by Gasteiger charge is 2.20. The van der Waals surface area contributed by atoms with Crippen LogP contribution < -0.4 is 10.6 Å². The van der Waals surface area contributed by atoms with Crippen LogP contribution in [0.3, 0.4) is 0 Å². The number of ether oxygens (including phenoxy) is 1. The second kappa shape index (κ2) is 17.2. The number of unbranched alkanes of at least 4 members (excludes halogenated alkanes) is 1. The predicted octanol–water partition coefficient (Wildman–Crippen LogP) is 7.66. The second-order valence-electron chi connectivity index (χ2n) is 10.9. The highest BCUT2D eigenvalue weighted by Crippen LogP contribution is 2.23. The molecule has 3 rings (SSSR count). The van der Waals surface area contributed by atoms with Crippen LogP contribution in [0.5, 0.6) is 0 Å². The first-order valence-electron chi connectivity index (χ1n) is 14.4. The van der Waals surface area contributed by atoms with Crippen LogP contribution in [-0.4, -0.2) is 48.5 Å². The molecule has 0 bridgehead atoms. The lowest BCUT2D eigenvalue weighted by Gasteiger charge is -2.28. The van der Waals surface area contributed by atoms with Gasteiger partial charge in [0.25, 0.3) is 5.91 Å². The van der Waals surface area contributed by atoms with Gasteiger partial charge in [0.1, 0.15) is 5.60 Å². The van der Waals surface area contributed by atoms with E-state index in [9.17, 15) is 14.4 Å². The molecule has 0 saturated heterocycles. The summed E-state index contributed by atoms with van der Waals surface area (Å²) >= 11 is 5.93. The van der Waals surface area contributed by atoms with Crippen LogP contribution in [-0.2, 0) is 9.53 Å². The zero-order chi connectivity index (χ0) is 31.1. The molecule has 42 heavy (non-hydrogen) atoms. The third kappa shape index (κ3) is 12.0. The summed E-state index contributed by atoms with van der Waals surface area (Å²) in [6, 6.07) is 24.7. The van der Waals surface area contributed by atoms with Gasteiger partial charge in [-0.2, -0.15) is 0 Å². The van der Waals surface area contributed by atoms with E-state index in [0.717, 1.165) is 36.0 Å². The fraction of sp³-hybridized carbons (Fsp3) is 0.382. The van der Waals surface area contributed by atoms with E-state index in [1.807, 2.05) is 94.4 Å². The lowest BCUT2D eigenvalue weighted by molar-refractivity contribution is -0.131. The Morgan fingerprint density at radius 1 is 0.857 bits per heavy atom. The Hall–Kier alpha value is -3.84. The van der Waals surface area contributed by atoms with Gasteiger partial charge in [-0.15, -0.1) is 0 Å². The van der Waals surface area contributed by atoms with Crippen LogP contribution in [0.2, 0.25) is 5.02 Å². The number of hydrogen-bond donors (Lipinski definition) is 2. The van der Waals surface area contributed by atoms with Gasteiger partial charge < -0.3 is 20.3 Å². The summed E-state index contributed by atoms with van der Waals surface area (Å²) in [5.74, 6) is -0.399. The van der Waals surface area contributed by atoms with E-state index in [1.165, 1.54) is 0 Å². The molecule has 226 valence electrons. The van der Waals surface area contributed by atoms with E-state index < -0.39 is 5.60 Å². The number of nitrogens with one attached hydrogen (secondary N) is 2. The molecule has 3 aromatic rings. The summed E-state index contributed by atoms with van der Waals surface area (Å²) in [6.07, 6.45) is 2.55. The second-order valence-corrected chi connectivity index (χ2v) is 11.3. The van der Waals surface area contributed by atoms with Crippen molar-refractivity contribution in [2.75, 3.05) is 20.1 Å². The van der Waals surface area contributed by atoms with Gasteiger partial charge in [-0.1, -0.05) is 86.5 Å². The Balaban J connectivity index is 0.000000435. The Morgan fingerprint density at radius 2 is 1.43 bits per heavy atom. The third-order valence-electron chi connectivity index (χ3n) is 6.36. The standard InChI is InChI=1S/C25H25ClN2O2.C9H19NO2/c1-3-23(20-7-5-4-6-8-20)28(2)24(29)17-27-25(30)21-11-9-18(10-12-21)19-13-15-22(26)16-14-19;1-5-6-7-10-8(11)12-9(2,3)4/h4-16,23H,3,17H2,1-2H3,(H,27,30);5-7H2,1-4H3,(H,10,11). The minimum Gasteiger partial charge on any atom is -0.444 e. The number of carbonyl (C=O) groups is 3. The topological polar surface area (TPSA) is 87.7 Å². The molecule has 3 aromatic carbocycles. The normalized spacial score (nSPS) is 11.4. The van der Waals surface area contributed by atoms with E-state index in [1.54, 1.807) is 24.1 Å². The van der Waals surface area contributed by atoms with E-state index >= 15 is 0 Å². The van der Waals surface area contributed by atoms with Gasteiger partial charge in [0.2, 0.25) is 5.91 Å². The molecular weight excluding hydrogens is 550 g/mol. The van der Waals surface area contributed by atoms with Crippen molar-refractivity contribution < 1.29 is 19.1 Å². The molecule has 0 aliphatic carbocycles. The first-order valence-corrected chi connectivity index (χ1v) is 14.7. The molecule has 0 saturated carbocycles. The summed E-state index contributed by atoms with van der Waals surface area (Å²) in [5, 5.41) is 6.09. The maximum absolute atomic E-state index is 12.6. The third-order valence-corrected chi connectivity index (χ3v) is 6.61. The van der Waals surface area contributed by atoms with Crippen molar-refractivity contribution in [3.05, 3.63) is 95.0 Å². The van der Waals surface area contributed by atoms with Gasteiger partial charge in [0, 0.05) is 24.2 Å². The molecule has 0 aromatic heterocycles. The van der Waals surface area contributed by atoms with Crippen molar-refractivity contribution >= 4 is 29.5 Å². The summed E-state index contributed by atoms with van der Waals surface area (Å²) in [6.45, 7) is 10.3. The molecule has 3 amide bonds. The van der Waals surface area contributed by atoms with E-state index in [-0.39, 0.29) is 30.5 Å². The number of carbonyl (C=O) groups excluding carboxylic acids is 3. The maximum atomic E-state index is 12.6. The average molecular weight is 594 g/mol. The Labute approximate surface area is 255 Å². The predicted molar refractivity (Wildman–Crippen MR) is 171 cm³/mol. The number of amides is 3. The van der Waals surface area contributed by atoms with Crippen molar-refractivity contribution in [3.63, 3.8) is 0 Å². The number of rotatable bonds is 10. The monoisotopic (exact) mass is 593 g/mol. The summed E-state index contributed by atoms with van der Waals surface area (Å²) in [4.78, 5) is 37.8. The molecule has 0 aliphatic rings. The molecule has 7 nitrogen and oxygen atoms in total. The van der Waals surface area contributed by atoms with Gasteiger partial charge >= 0.3 is 6.09 Å². The zero-order valence-electron chi connectivity index (χ0n) is 25.6. The van der Waals surface area contributed by atoms with Gasteiger partial charge in [0.05, 0.1) is 12.6 Å². The van der Waals surface area contributed by atoms with Gasteiger partial charge in [0.15, 0.2) is 0 Å². The van der Waals surface area contributed by atoms with E-state index in [4.69, 9.17) is 16.3 Å². The SMILES string of the molecule is CCC(c1ccccc1)N(C)C(=O)CNC(=O)c1ccc(-c2ccc(Cl)cc2)cc1.CCCCNC(=O)OC(C)(C)C. The average Bonchev–Trinajstić information content (AvgIpc) is 2.96. The number of halogens is 1. The Bertz CT molecular complexity index is 1260. The molecular formula is C34H44ClN3O4. The van der Waals surface area contributed by atoms with Crippen LogP contribution in [0.25, 0.3) is 11.1 Å². The lowest BCUT2D eigenvalue weighted by atomic mass is 10.0. The molecule has 1 unspecified atom stereocenters. The molecule has 0 aliphatic heterocycles. The van der Waals surface area contributed by atoms with E-state index in [2.05, 4.69) is 17.6 Å². The number of likely N-dealkylation sites (N-methyl/N-ethyl adjacent to an activating group) is 1. The first-order chi connectivity index (χ1) is 19.9. The van der Waals surface area contributed by atoms with Crippen molar-refractivity contribution in [2.24, 2.45) is 0 Å². The number of benzene rings is 3. The summed E-state index contributed by atoms with van der Waals surface area (Å²) < 4.78 is 5.03. The van der Waals surface area contributed by atoms with Crippen LogP contribution in [0, 0.1) is 0 Å². The highest BCUT2D eigenvalue weighted by atomic mass is 35.5. The van der Waals surface area contributed by atoms with Crippen molar-refractivity contribution in [3.8, 4) is 11.1 Å². The number of alkyl carbamates (subject to hydrolysis) is 1. The van der Waals surface area contributed by atoms with Gasteiger partial charge in [-0.25, -0.2) is 4.79 Å². The quantitative estimate of drug-likeness (QED) is 0.236. The Morgan fingerprint density at radius 3 is 1.95 bits per heavy atom. The molecule has 2 N–H and O–H groups in total. The first kappa shape index (κ1) is 34.4. The van der Waals surface area contributed by atoms with Crippen molar-refractivity contribution in [1.29, 1.82) is 0 Å². The number of nitrogens with zero attached hydrogens (tertiary/aromatic N) is 1. The van der Waals surface area contributed by atoms with Crippen molar-refractivity contribution in [2.45, 2.75) is 65.5 Å². The largest absolute Gasteiger partial charge is 0.444 e. The van der Waals surface area contributed by atoms with Gasteiger partial charge in [-0.05, 0) is 74.6 Å². The van der Waals surface area contributed by atoms with Crippen LogP contribution in [0.1, 0.15) is 75.8 Å². The molecule has 0 radical (unpaired) electrons. The van der Waals surface area contributed by atoms with Crippen LogP contribution in [0.15, 0.2) is 78.9 Å². The molecule has 0 fully saturated rings. The maximum Gasteiger partial charge on any atom is 0.407 e. The number of hydrogen-bond acceptors (Lipinski definition) is 4. The molecule has 0 heterocycles. The van der Waals surface area contributed by atoms with Gasteiger partial charge in [-0.3, -0.25) is 9.59 Å². The smallest absolute Gasteiger partial charge is 0.407 e. The minimum absolute atomic E-state index is 0.0192. The van der Waals surface area contributed by atoms with Crippen LogP contribution in [0.4, 0.5) is 4.79 Å². The molecule has 1 atom stereocenters. The summed E-state index contributed by atoms with van der Waals surface area (Å²) in [5.41, 5.74) is 3.22. The molecule has 0 spiro atoms. The fourth-order valence-electron chi connectivity index (χ4n) is 4.10. The van der Waals surface area contributed by atoms with E-state index in [0.29, 0.717) is 17.1 Å². The minimum atomic E-state index is -0.393. The fourth-order valence-corrected chi connectivity index (χ4v) is 4.23. The van der Waals surface area contributed by atoms with Crippen LogP contribution >= 0.6 is 11.6 Å². The molecule has 8 heteroatoms. The highest BCUT2D eigenvalue weighted by molar-refractivity contribution is 6.30.